The van der Waals surface area contributed by atoms with E-state index in [1.807, 2.05) is 25.7 Å². The van der Waals surface area contributed by atoms with Crippen LogP contribution in [-0.4, -0.2) is 49.2 Å². The first-order valence-electron chi connectivity index (χ1n) is 9.77. The molecule has 2 unspecified atom stereocenters. The largest absolute Gasteiger partial charge is 0.444 e. The van der Waals surface area contributed by atoms with Gasteiger partial charge in [-0.25, -0.2) is 4.79 Å². The van der Waals surface area contributed by atoms with Gasteiger partial charge in [-0.15, -0.1) is 11.3 Å². The molecule has 1 aromatic rings. The number of amides is 1. The van der Waals surface area contributed by atoms with Crippen molar-refractivity contribution < 1.29 is 9.53 Å². The molecule has 2 atom stereocenters. The number of guanidine groups is 1. The van der Waals surface area contributed by atoms with Crippen molar-refractivity contribution in [3.63, 3.8) is 0 Å². The van der Waals surface area contributed by atoms with E-state index in [1.165, 1.54) is 4.88 Å². The summed E-state index contributed by atoms with van der Waals surface area (Å²) in [5.41, 5.74) is -0.441. The number of carbonyl (C=O) groups is 1. The molecule has 1 aromatic heterocycles. The molecule has 2 rings (SSSR count). The fourth-order valence-corrected chi connectivity index (χ4v) is 3.93. The van der Waals surface area contributed by atoms with E-state index in [4.69, 9.17) is 4.74 Å². The molecular weight excluding hydrogens is 360 g/mol. The Kier molecular flexibility index (Phi) is 7.95. The van der Waals surface area contributed by atoms with Crippen LogP contribution in [0.1, 0.15) is 57.9 Å². The Morgan fingerprint density at radius 2 is 2.26 bits per heavy atom. The highest BCUT2D eigenvalue weighted by Gasteiger charge is 2.27. The molecule has 0 aromatic carbocycles. The maximum Gasteiger partial charge on any atom is 0.410 e. The van der Waals surface area contributed by atoms with Crippen molar-refractivity contribution in [1.29, 1.82) is 0 Å². The zero-order valence-corrected chi connectivity index (χ0v) is 18.1. The lowest BCUT2D eigenvalue weighted by Crippen LogP contribution is -2.44. The van der Waals surface area contributed by atoms with Gasteiger partial charge in [0.2, 0.25) is 0 Å². The van der Waals surface area contributed by atoms with Crippen molar-refractivity contribution in [1.82, 2.24) is 15.5 Å². The number of hydrogen-bond donors (Lipinski definition) is 2. The summed E-state index contributed by atoms with van der Waals surface area (Å²) < 4.78 is 5.51. The Morgan fingerprint density at radius 1 is 1.48 bits per heavy atom. The summed E-state index contributed by atoms with van der Waals surface area (Å²) in [6, 6.07) is 4.42. The van der Waals surface area contributed by atoms with Crippen LogP contribution < -0.4 is 10.6 Å². The first-order valence-corrected chi connectivity index (χ1v) is 10.6. The third-order valence-corrected chi connectivity index (χ3v) is 5.62. The second-order valence-electron chi connectivity index (χ2n) is 8.10. The van der Waals surface area contributed by atoms with E-state index in [0.29, 0.717) is 5.92 Å². The minimum Gasteiger partial charge on any atom is -0.444 e. The molecule has 152 valence electrons. The number of carbonyl (C=O) groups excluding carboxylic acids is 1. The summed E-state index contributed by atoms with van der Waals surface area (Å²) in [5, 5.41) is 8.91. The normalized spacial score (nSPS) is 19.5. The van der Waals surface area contributed by atoms with Gasteiger partial charge in [0.05, 0.1) is 6.04 Å². The Hall–Kier alpha value is -1.76. The van der Waals surface area contributed by atoms with Gasteiger partial charge in [0.1, 0.15) is 5.60 Å². The Bertz CT molecular complexity index is 610. The molecule has 1 fully saturated rings. The van der Waals surface area contributed by atoms with Crippen LogP contribution in [0, 0.1) is 5.92 Å². The molecule has 1 aliphatic rings. The quantitative estimate of drug-likeness (QED) is 0.585. The molecule has 0 spiro atoms. The van der Waals surface area contributed by atoms with Gasteiger partial charge in [-0.3, -0.25) is 4.99 Å². The number of nitrogens with one attached hydrogen (secondary N) is 2. The number of ether oxygens (including phenoxy) is 1. The van der Waals surface area contributed by atoms with Crippen molar-refractivity contribution in [3.05, 3.63) is 22.4 Å². The van der Waals surface area contributed by atoms with Crippen LogP contribution >= 0.6 is 11.3 Å². The van der Waals surface area contributed by atoms with E-state index in [1.54, 1.807) is 18.4 Å². The second-order valence-corrected chi connectivity index (χ2v) is 9.08. The predicted molar refractivity (Wildman–Crippen MR) is 112 cm³/mol. The van der Waals surface area contributed by atoms with Gasteiger partial charge in [-0.2, -0.15) is 0 Å². The fraction of sp³-hybridized carbons (Fsp3) is 0.700. The van der Waals surface area contributed by atoms with Gasteiger partial charge in [0.25, 0.3) is 0 Å². The number of hydrogen-bond acceptors (Lipinski definition) is 4. The molecule has 0 radical (unpaired) electrons. The standard InChI is InChI=1S/C20H34N4O2S/c1-15(17-9-7-13-27-17)23-18(21-5)22-11-10-16-8-6-12-24(14-16)19(25)26-20(2,3)4/h7,9,13,15-16H,6,8,10-12,14H2,1-5H3,(H2,21,22,23). The number of piperidine rings is 1. The van der Waals surface area contributed by atoms with Crippen molar-refractivity contribution in [2.24, 2.45) is 10.9 Å². The number of likely N-dealkylation sites (tertiary alicyclic amines) is 1. The Morgan fingerprint density at radius 3 is 2.89 bits per heavy atom. The van der Waals surface area contributed by atoms with Gasteiger partial charge >= 0.3 is 6.09 Å². The van der Waals surface area contributed by atoms with Gasteiger partial charge in [-0.05, 0) is 64.3 Å². The molecular formula is C20H34N4O2S. The lowest BCUT2D eigenvalue weighted by molar-refractivity contribution is 0.0162. The summed E-state index contributed by atoms with van der Waals surface area (Å²) in [7, 11) is 1.79. The van der Waals surface area contributed by atoms with E-state index in [2.05, 4.69) is 40.1 Å². The maximum absolute atomic E-state index is 12.3. The summed E-state index contributed by atoms with van der Waals surface area (Å²) in [6.45, 7) is 10.3. The van der Waals surface area contributed by atoms with Crippen LogP contribution in [0.15, 0.2) is 22.5 Å². The monoisotopic (exact) mass is 394 g/mol. The van der Waals surface area contributed by atoms with Crippen LogP contribution in [-0.2, 0) is 4.74 Å². The minimum atomic E-state index is -0.441. The van der Waals surface area contributed by atoms with E-state index in [9.17, 15) is 4.79 Å². The molecule has 1 saturated heterocycles. The van der Waals surface area contributed by atoms with Crippen LogP contribution in [0.2, 0.25) is 0 Å². The number of nitrogens with zero attached hydrogens (tertiary/aromatic N) is 2. The third kappa shape index (κ3) is 7.40. The number of aliphatic imine (C=N–C) groups is 1. The molecule has 2 N–H and O–H groups in total. The third-order valence-electron chi connectivity index (χ3n) is 4.56. The molecule has 1 aliphatic heterocycles. The molecule has 27 heavy (non-hydrogen) atoms. The summed E-state index contributed by atoms with van der Waals surface area (Å²) >= 11 is 1.74. The van der Waals surface area contributed by atoms with Crippen LogP contribution in [0.4, 0.5) is 4.79 Å². The van der Waals surface area contributed by atoms with E-state index in [0.717, 1.165) is 44.9 Å². The van der Waals surface area contributed by atoms with Crippen molar-refractivity contribution in [2.75, 3.05) is 26.7 Å². The first-order chi connectivity index (χ1) is 12.8. The van der Waals surface area contributed by atoms with E-state index < -0.39 is 5.60 Å². The zero-order chi connectivity index (χ0) is 19.9. The highest BCUT2D eigenvalue weighted by molar-refractivity contribution is 7.10. The van der Waals surface area contributed by atoms with Crippen molar-refractivity contribution in [2.45, 2.75) is 58.6 Å². The molecule has 0 saturated carbocycles. The molecule has 7 heteroatoms. The molecule has 6 nitrogen and oxygen atoms in total. The average molecular weight is 395 g/mol. The lowest BCUT2D eigenvalue weighted by Gasteiger charge is -2.34. The first kappa shape index (κ1) is 21.5. The maximum atomic E-state index is 12.3. The summed E-state index contributed by atoms with van der Waals surface area (Å²) in [5.74, 6) is 1.31. The van der Waals surface area contributed by atoms with Crippen LogP contribution in [0.5, 0.6) is 0 Å². The Labute approximate surface area is 167 Å². The van der Waals surface area contributed by atoms with Gasteiger partial charge in [0.15, 0.2) is 5.96 Å². The Balaban J connectivity index is 1.74. The highest BCUT2D eigenvalue weighted by Crippen LogP contribution is 2.21. The fourth-order valence-electron chi connectivity index (χ4n) is 3.20. The highest BCUT2D eigenvalue weighted by atomic mass is 32.1. The van der Waals surface area contributed by atoms with Crippen LogP contribution in [0.3, 0.4) is 0 Å². The number of rotatable bonds is 5. The van der Waals surface area contributed by atoms with Gasteiger partial charge in [0, 0.05) is 31.6 Å². The van der Waals surface area contributed by atoms with E-state index >= 15 is 0 Å². The molecule has 1 amide bonds. The van der Waals surface area contributed by atoms with Gasteiger partial charge in [-0.1, -0.05) is 6.07 Å². The van der Waals surface area contributed by atoms with Gasteiger partial charge < -0.3 is 20.3 Å². The second kappa shape index (κ2) is 9.97. The smallest absolute Gasteiger partial charge is 0.410 e. The summed E-state index contributed by atoms with van der Waals surface area (Å²) in [6.07, 6.45) is 3.00. The van der Waals surface area contributed by atoms with E-state index in [-0.39, 0.29) is 12.1 Å². The number of thiophene rings is 1. The summed E-state index contributed by atoms with van der Waals surface area (Å²) in [4.78, 5) is 19.7. The molecule has 2 heterocycles. The van der Waals surface area contributed by atoms with Crippen LogP contribution in [0.25, 0.3) is 0 Å². The SMILES string of the molecule is CN=C(NCCC1CCCN(C(=O)OC(C)(C)C)C1)NC(C)c1cccs1. The topological polar surface area (TPSA) is 66.0 Å². The predicted octanol–water partition coefficient (Wildman–Crippen LogP) is 4.01. The minimum absolute atomic E-state index is 0.192. The lowest BCUT2D eigenvalue weighted by atomic mass is 9.95. The zero-order valence-electron chi connectivity index (χ0n) is 17.2. The van der Waals surface area contributed by atoms with Crippen molar-refractivity contribution >= 4 is 23.4 Å². The molecule has 0 bridgehead atoms. The average Bonchev–Trinajstić information content (AvgIpc) is 3.14. The van der Waals surface area contributed by atoms with Crippen molar-refractivity contribution in [3.8, 4) is 0 Å². The molecule has 0 aliphatic carbocycles.